The maximum atomic E-state index is 11.8. The van der Waals surface area contributed by atoms with Crippen LogP contribution in [0.1, 0.15) is 46.9 Å². The van der Waals surface area contributed by atoms with Crippen LogP contribution in [0.15, 0.2) is 18.2 Å². The lowest BCUT2D eigenvalue weighted by atomic mass is 10.00. The molecule has 5 rings (SSSR count). The number of benzene rings is 1. The number of nitrogens with zero attached hydrogens (tertiary/aromatic N) is 3. The van der Waals surface area contributed by atoms with Crippen LogP contribution in [0, 0.1) is 0 Å². The van der Waals surface area contributed by atoms with Crippen molar-refractivity contribution in [3.05, 3.63) is 40.6 Å². The molecule has 1 amide bonds. The SMILES string of the molecule is C[C@H]1CCN1c1nc2c(c(-c3ccc4c(c3)CNC4=O)n1)CCC2. The molecule has 3 heterocycles. The summed E-state index contributed by atoms with van der Waals surface area (Å²) in [5, 5.41) is 2.89. The van der Waals surface area contributed by atoms with E-state index < -0.39 is 0 Å². The number of nitrogens with one attached hydrogen (secondary N) is 1. The van der Waals surface area contributed by atoms with Gasteiger partial charge >= 0.3 is 0 Å². The number of hydrogen-bond donors (Lipinski definition) is 1. The van der Waals surface area contributed by atoms with E-state index in [9.17, 15) is 4.79 Å². The van der Waals surface area contributed by atoms with Gasteiger partial charge in [0.2, 0.25) is 5.95 Å². The lowest BCUT2D eigenvalue weighted by Gasteiger charge is -2.39. The second kappa shape index (κ2) is 5.03. The van der Waals surface area contributed by atoms with Gasteiger partial charge in [0.25, 0.3) is 5.91 Å². The van der Waals surface area contributed by atoms with Crippen molar-refractivity contribution < 1.29 is 4.79 Å². The number of carbonyl (C=O) groups excluding carboxylic acids is 1. The number of aromatic nitrogens is 2. The van der Waals surface area contributed by atoms with Crippen LogP contribution < -0.4 is 10.2 Å². The minimum Gasteiger partial charge on any atom is -0.348 e. The van der Waals surface area contributed by atoms with Gasteiger partial charge in [-0.15, -0.1) is 0 Å². The molecule has 2 aliphatic heterocycles. The summed E-state index contributed by atoms with van der Waals surface area (Å²) in [7, 11) is 0. The third kappa shape index (κ3) is 1.97. The van der Waals surface area contributed by atoms with Gasteiger partial charge in [-0.1, -0.05) is 6.07 Å². The highest BCUT2D eigenvalue weighted by molar-refractivity contribution is 5.98. The number of anilines is 1. The second-order valence-corrected chi connectivity index (χ2v) is 7.04. The van der Waals surface area contributed by atoms with Crippen molar-refractivity contribution in [2.45, 2.75) is 45.2 Å². The van der Waals surface area contributed by atoms with Crippen LogP contribution in [0.25, 0.3) is 11.3 Å². The largest absolute Gasteiger partial charge is 0.348 e. The van der Waals surface area contributed by atoms with Gasteiger partial charge in [0, 0.05) is 41.5 Å². The molecular formula is C19H20N4O. The molecule has 1 saturated heterocycles. The van der Waals surface area contributed by atoms with E-state index in [0.29, 0.717) is 12.6 Å². The first-order valence-corrected chi connectivity index (χ1v) is 8.78. The molecular weight excluding hydrogens is 300 g/mol. The molecule has 122 valence electrons. The summed E-state index contributed by atoms with van der Waals surface area (Å²) in [6, 6.07) is 6.62. The zero-order valence-corrected chi connectivity index (χ0v) is 13.8. The van der Waals surface area contributed by atoms with Crippen LogP contribution >= 0.6 is 0 Å². The van der Waals surface area contributed by atoms with Crippen molar-refractivity contribution in [2.75, 3.05) is 11.4 Å². The lowest BCUT2D eigenvalue weighted by molar-refractivity contribution is 0.0966. The zero-order chi connectivity index (χ0) is 16.3. The van der Waals surface area contributed by atoms with Crippen LogP contribution in [0.5, 0.6) is 0 Å². The van der Waals surface area contributed by atoms with Gasteiger partial charge in [-0.25, -0.2) is 9.97 Å². The molecule has 1 N–H and O–H groups in total. The first-order chi connectivity index (χ1) is 11.7. The van der Waals surface area contributed by atoms with Crippen LogP contribution in [0.3, 0.4) is 0 Å². The third-order valence-electron chi connectivity index (χ3n) is 5.56. The maximum Gasteiger partial charge on any atom is 0.251 e. The van der Waals surface area contributed by atoms with Crippen molar-refractivity contribution in [3.63, 3.8) is 0 Å². The van der Waals surface area contributed by atoms with E-state index in [1.807, 2.05) is 12.1 Å². The quantitative estimate of drug-likeness (QED) is 0.923. The minimum absolute atomic E-state index is 0.0274. The van der Waals surface area contributed by atoms with Gasteiger partial charge in [-0.3, -0.25) is 4.79 Å². The first-order valence-electron chi connectivity index (χ1n) is 8.78. The molecule has 1 fully saturated rings. The Balaban J connectivity index is 1.64. The summed E-state index contributed by atoms with van der Waals surface area (Å²) in [4.78, 5) is 23.9. The molecule has 1 aromatic carbocycles. The molecule has 2 aromatic rings. The highest BCUT2D eigenvalue weighted by atomic mass is 16.1. The van der Waals surface area contributed by atoms with Crippen LogP contribution in [-0.2, 0) is 19.4 Å². The fourth-order valence-electron chi connectivity index (χ4n) is 3.98. The molecule has 1 aliphatic carbocycles. The predicted octanol–water partition coefficient (Wildman–Crippen LogP) is 2.47. The Labute approximate surface area is 141 Å². The number of amides is 1. The summed E-state index contributed by atoms with van der Waals surface area (Å²) in [6.45, 7) is 3.89. The van der Waals surface area contributed by atoms with Crippen molar-refractivity contribution >= 4 is 11.9 Å². The van der Waals surface area contributed by atoms with E-state index in [1.165, 1.54) is 17.7 Å². The van der Waals surface area contributed by atoms with Gasteiger partial charge in [0.15, 0.2) is 0 Å². The predicted molar refractivity (Wildman–Crippen MR) is 92.1 cm³/mol. The van der Waals surface area contributed by atoms with Gasteiger partial charge in [0.1, 0.15) is 0 Å². The molecule has 0 saturated carbocycles. The number of fused-ring (bicyclic) bond motifs is 2. The van der Waals surface area contributed by atoms with E-state index in [-0.39, 0.29) is 5.91 Å². The minimum atomic E-state index is 0.0274. The van der Waals surface area contributed by atoms with Gasteiger partial charge in [-0.05, 0) is 50.3 Å². The van der Waals surface area contributed by atoms with E-state index in [1.54, 1.807) is 0 Å². The molecule has 3 aliphatic rings. The van der Waals surface area contributed by atoms with E-state index in [4.69, 9.17) is 9.97 Å². The highest BCUT2D eigenvalue weighted by Gasteiger charge is 2.29. The molecule has 0 spiro atoms. The topological polar surface area (TPSA) is 58.1 Å². The van der Waals surface area contributed by atoms with Crippen molar-refractivity contribution in [3.8, 4) is 11.3 Å². The van der Waals surface area contributed by atoms with E-state index in [0.717, 1.165) is 54.1 Å². The maximum absolute atomic E-state index is 11.8. The Morgan fingerprint density at radius 1 is 1.25 bits per heavy atom. The Morgan fingerprint density at radius 3 is 2.96 bits per heavy atom. The molecule has 1 atom stereocenters. The van der Waals surface area contributed by atoms with Crippen LogP contribution in [0.2, 0.25) is 0 Å². The Kier molecular flexibility index (Phi) is 2.93. The Morgan fingerprint density at radius 2 is 2.17 bits per heavy atom. The summed E-state index contributed by atoms with van der Waals surface area (Å²) in [5.74, 6) is 0.902. The fourth-order valence-corrected chi connectivity index (χ4v) is 3.98. The number of hydrogen-bond acceptors (Lipinski definition) is 4. The van der Waals surface area contributed by atoms with Crippen molar-refractivity contribution in [1.29, 1.82) is 0 Å². The molecule has 5 heteroatoms. The Hall–Kier alpha value is -2.43. The van der Waals surface area contributed by atoms with E-state index in [2.05, 4.69) is 23.2 Å². The average Bonchev–Trinajstić information content (AvgIpc) is 3.19. The number of carbonyl (C=O) groups is 1. The fraction of sp³-hybridized carbons (Fsp3) is 0.421. The van der Waals surface area contributed by atoms with Crippen LogP contribution in [0.4, 0.5) is 5.95 Å². The summed E-state index contributed by atoms with van der Waals surface area (Å²) in [6.07, 6.45) is 4.46. The monoisotopic (exact) mass is 320 g/mol. The molecule has 0 bridgehead atoms. The average molecular weight is 320 g/mol. The summed E-state index contributed by atoms with van der Waals surface area (Å²) < 4.78 is 0. The highest BCUT2D eigenvalue weighted by Crippen LogP contribution is 2.35. The third-order valence-corrected chi connectivity index (χ3v) is 5.56. The van der Waals surface area contributed by atoms with Gasteiger partial charge in [0.05, 0.1) is 5.69 Å². The zero-order valence-electron chi connectivity index (χ0n) is 13.8. The molecule has 1 aromatic heterocycles. The molecule has 0 unspecified atom stereocenters. The lowest BCUT2D eigenvalue weighted by Crippen LogP contribution is -2.46. The molecule has 24 heavy (non-hydrogen) atoms. The smallest absolute Gasteiger partial charge is 0.251 e. The van der Waals surface area contributed by atoms with Gasteiger partial charge in [-0.2, -0.15) is 0 Å². The van der Waals surface area contributed by atoms with Crippen molar-refractivity contribution in [2.24, 2.45) is 0 Å². The second-order valence-electron chi connectivity index (χ2n) is 7.04. The standard InChI is InChI=1S/C19H20N4O/c1-11-7-8-23(11)19-21-16-4-2-3-15(16)17(22-19)12-5-6-14-13(9-12)10-20-18(14)24/h5-6,9,11H,2-4,7-8,10H2,1H3,(H,20,24)/t11-/m0/s1. The first kappa shape index (κ1) is 14.0. The molecule has 5 nitrogen and oxygen atoms in total. The normalized spacial score (nSPS) is 21.3. The summed E-state index contributed by atoms with van der Waals surface area (Å²) in [5.41, 5.74) is 6.55. The summed E-state index contributed by atoms with van der Waals surface area (Å²) >= 11 is 0. The van der Waals surface area contributed by atoms with Crippen molar-refractivity contribution in [1.82, 2.24) is 15.3 Å². The number of rotatable bonds is 2. The van der Waals surface area contributed by atoms with E-state index >= 15 is 0 Å². The Bertz CT molecular complexity index is 861. The van der Waals surface area contributed by atoms with Gasteiger partial charge < -0.3 is 10.2 Å². The molecule has 0 radical (unpaired) electrons. The van der Waals surface area contributed by atoms with Crippen LogP contribution in [-0.4, -0.2) is 28.5 Å². The number of aryl methyl sites for hydroxylation is 1.